The number of nitrogens with one attached hydrogen (secondary N) is 1. The van der Waals surface area contributed by atoms with Crippen molar-refractivity contribution in [3.63, 3.8) is 0 Å². The quantitative estimate of drug-likeness (QED) is 0.255. The van der Waals surface area contributed by atoms with Crippen molar-refractivity contribution < 1.29 is 29.1 Å². The highest BCUT2D eigenvalue weighted by molar-refractivity contribution is 5.91. The van der Waals surface area contributed by atoms with Crippen molar-refractivity contribution in [1.82, 2.24) is 5.32 Å². The first kappa shape index (κ1) is 23.0. The van der Waals surface area contributed by atoms with Crippen LogP contribution in [-0.2, 0) is 6.61 Å². The number of benzene rings is 3. The van der Waals surface area contributed by atoms with Gasteiger partial charge >= 0.3 is 0 Å². The monoisotopic (exact) mass is 462 g/mol. The predicted molar refractivity (Wildman–Crippen MR) is 123 cm³/mol. The highest BCUT2D eigenvalue weighted by atomic mass is 16.6. The molecule has 2 unspecified atom stereocenters. The van der Waals surface area contributed by atoms with E-state index in [9.17, 15) is 25.1 Å². The van der Waals surface area contributed by atoms with Gasteiger partial charge in [-0.2, -0.15) is 0 Å². The fourth-order valence-electron chi connectivity index (χ4n) is 3.54. The molecule has 9 heteroatoms. The summed E-state index contributed by atoms with van der Waals surface area (Å²) in [5, 5.41) is 35.5. The molecule has 1 amide bonds. The number of nitro benzene ring substituents is 1. The number of hydrogen-bond donors (Lipinski definition) is 3. The van der Waals surface area contributed by atoms with E-state index in [1.54, 1.807) is 6.07 Å². The lowest BCUT2D eigenvalue weighted by Gasteiger charge is -2.22. The number of aliphatic hydroxyl groups excluding tert-OH is 2. The molecule has 34 heavy (non-hydrogen) atoms. The first-order chi connectivity index (χ1) is 16.5. The molecule has 3 N–H and O–H groups in total. The summed E-state index contributed by atoms with van der Waals surface area (Å²) in [7, 11) is 0. The van der Waals surface area contributed by atoms with Gasteiger partial charge in [-0.15, -0.1) is 0 Å². The molecule has 3 aromatic carbocycles. The van der Waals surface area contributed by atoms with E-state index in [0.29, 0.717) is 17.1 Å². The Bertz CT molecular complexity index is 1290. The fraction of sp³-hybridized carbons (Fsp3) is 0.160. The summed E-state index contributed by atoms with van der Waals surface area (Å²) in [6, 6.07) is 20.8. The predicted octanol–water partition coefficient (Wildman–Crippen LogP) is 3.74. The zero-order chi connectivity index (χ0) is 24.1. The maximum atomic E-state index is 12.6. The van der Waals surface area contributed by atoms with Gasteiger partial charge in [0.15, 0.2) is 5.76 Å². The number of non-ortho nitro benzene ring substituents is 1. The summed E-state index contributed by atoms with van der Waals surface area (Å²) in [4.78, 5) is 22.8. The van der Waals surface area contributed by atoms with Gasteiger partial charge in [-0.1, -0.05) is 36.4 Å². The largest absolute Gasteiger partial charge is 0.485 e. The topological polar surface area (TPSA) is 135 Å². The third kappa shape index (κ3) is 5.06. The lowest BCUT2D eigenvalue weighted by atomic mass is 10.0. The van der Waals surface area contributed by atoms with Crippen molar-refractivity contribution in [2.45, 2.75) is 18.8 Å². The number of rotatable bonds is 9. The number of aliphatic hydroxyl groups is 2. The summed E-state index contributed by atoms with van der Waals surface area (Å²) in [5.41, 5.74) is 0.183. The number of carbonyl (C=O) groups is 1. The van der Waals surface area contributed by atoms with E-state index in [4.69, 9.17) is 9.15 Å². The van der Waals surface area contributed by atoms with E-state index in [1.807, 2.05) is 42.5 Å². The maximum absolute atomic E-state index is 12.6. The minimum absolute atomic E-state index is 0.00845. The van der Waals surface area contributed by atoms with E-state index < -0.39 is 29.6 Å². The van der Waals surface area contributed by atoms with Crippen molar-refractivity contribution in [1.29, 1.82) is 0 Å². The van der Waals surface area contributed by atoms with Gasteiger partial charge < -0.3 is 24.7 Å². The summed E-state index contributed by atoms with van der Waals surface area (Å²) < 4.78 is 11.4. The highest BCUT2D eigenvalue weighted by Crippen LogP contribution is 2.26. The first-order valence-electron chi connectivity index (χ1n) is 10.5. The second-order valence-electron chi connectivity index (χ2n) is 7.59. The minimum Gasteiger partial charge on any atom is -0.485 e. The summed E-state index contributed by atoms with van der Waals surface area (Å²) in [6.45, 7) is -0.447. The molecule has 4 aromatic rings. The SMILES string of the molecule is O=C(NC(CO)C(O)c1ccc([N+](=O)[O-])cc1)c1ccc(COc2cccc3ccccc23)o1. The fourth-order valence-corrected chi connectivity index (χ4v) is 3.54. The number of nitrogens with zero attached hydrogens (tertiary/aromatic N) is 1. The second-order valence-corrected chi connectivity index (χ2v) is 7.59. The molecule has 0 radical (unpaired) electrons. The lowest BCUT2D eigenvalue weighted by Crippen LogP contribution is -2.41. The number of furan rings is 1. The zero-order valence-electron chi connectivity index (χ0n) is 18.0. The first-order valence-corrected chi connectivity index (χ1v) is 10.5. The number of carbonyl (C=O) groups excluding carboxylic acids is 1. The molecule has 174 valence electrons. The zero-order valence-corrected chi connectivity index (χ0v) is 18.0. The van der Waals surface area contributed by atoms with E-state index in [2.05, 4.69) is 5.32 Å². The van der Waals surface area contributed by atoms with Crippen molar-refractivity contribution in [2.24, 2.45) is 0 Å². The molecule has 0 aliphatic rings. The molecule has 0 saturated heterocycles. The van der Waals surface area contributed by atoms with Gasteiger partial charge in [-0.05, 0) is 41.3 Å². The molecule has 4 rings (SSSR count). The molecule has 0 fully saturated rings. The van der Waals surface area contributed by atoms with Crippen LogP contribution in [0.2, 0.25) is 0 Å². The van der Waals surface area contributed by atoms with Crippen LogP contribution in [0.1, 0.15) is 28.0 Å². The summed E-state index contributed by atoms with van der Waals surface area (Å²) in [5.74, 6) is 0.476. The van der Waals surface area contributed by atoms with Crippen LogP contribution in [0.25, 0.3) is 10.8 Å². The third-order valence-electron chi connectivity index (χ3n) is 5.34. The number of amides is 1. The van der Waals surface area contributed by atoms with Crippen LogP contribution in [0.4, 0.5) is 5.69 Å². The Morgan fingerprint density at radius 1 is 1.03 bits per heavy atom. The van der Waals surface area contributed by atoms with Gasteiger partial charge in [0.25, 0.3) is 11.6 Å². The van der Waals surface area contributed by atoms with E-state index in [1.165, 1.54) is 30.3 Å². The standard InChI is InChI=1S/C25H22N2O7/c28-14-21(24(29)17-8-10-18(11-9-17)27(31)32)26-25(30)23-13-12-19(34-23)15-33-22-7-3-5-16-4-1-2-6-20(16)22/h1-13,21,24,28-29H,14-15H2,(H,26,30). The van der Waals surface area contributed by atoms with Gasteiger partial charge in [0.2, 0.25) is 0 Å². The molecule has 0 aliphatic carbocycles. The Morgan fingerprint density at radius 3 is 2.50 bits per heavy atom. The molecular weight excluding hydrogens is 440 g/mol. The Labute approximate surface area is 194 Å². The average molecular weight is 462 g/mol. The Kier molecular flexibility index (Phi) is 6.86. The lowest BCUT2D eigenvalue weighted by molar-refractivity contribution is -0.384. The number of fused-ring (bicyclic) bond motifs is 1. The van der Waals surface area contributed by atoms with Crippen molar-refractivity contribution >= 4 is 22.4 Å². The Balaban J connectivity index is 1.39. The smallest absolute Gasteiger partial charge is 0.287 e. The molecule has 0 saturated carbocycles. The molecule has 0 bridgehead atoms. The molecule has 2 atom stereocenters. The Hall–Kier alpha value is -4.21. The highest BCUT2D eigenvalue weighted by Gasteiger charge is 2.24. The molecule has 1 aromatic heterocycles. The van der Waals surface area contributed by atoms with Crippen molar-refractivity contribution in [2.75, 3.05) is 6.61 Å². The van der Waals surface area contributed by atoms with E-state index in [0.717, 1.165) is 10.8 Å². The minimum atomic E-state index is -1.28. The summed E-state index contributed by atoms with van der Waals surface area (Å²) >= 11 is 0. The number of nitro groups is 1. The maximum Gasteiger partial charge on any atom is 0.287 e. The third-order valence-corrected chi connectivity index (χ3v) is 5.34. The molecule has 0 aliphatic heterocycles. The van der Waals surface area contributed by atoms with Crippen LogP contribution in [0.3, 0.4) is 0 Å². The van der Waals surface area contributed by atoms with Crippen LogP contribution >= 0.6 is 0 Å². The van der Waals surface area contributed by atoms with Crippen LogP contribution in [0.5, 0.6) is 5.75 Å². The molecule has 9 nitrogen and oxygen atoms in total. The van der Waals surface area contributed by atoms with Gasteiger partial charge in [-0.25, -0.2) is 0 Å². The normalized spacial score (nSPS) is 12.8. The van der Waals surface area contributed by atoms with Crippen LogP contribution < -0.4 is 10.1 Å². The van der Waals surface area contributed by atoms with E-state index in [-0.39, 0.29) is 18.1 Å². The molecule has 0 spiro atoms. The van der Waals surface area contributed by atoms with Gasteiger partial charge in [-0.3, -0.25) is 14.9 Å². The van der Waals surface area contributed by atoms with Crippen molar-refractivity contribution in [3.8, 4) is 5.75 Å². The second kappa shape index (κ2) is 10.2. The van der Waals surface area contributed by atoms with Crippen LogP contribution in [0.15, 0.2) is 83.3 Å². The van der Waals surface area contributed by atoms with Gasteiger partial charge in [0.1, 0.15) is 24.2 Å². The van der Waals surface area contributed by atoms with E-state index >= 15 is 0 Å². The van der Waals surface area contributed by atoms with Crippen LogP contribution in [0, 0.1) is 10.1 Å². The molecule has 1 heterocycles. The summed E-state index contributed by atoms with van der Waals surface area (Å²) in [6.07, 6.45) is -1.28. The van der Waals surface area contributed by atoms with Gasteiger partial charge in [0.05, 0.1) is 17.6 Å². The van der Waals surface area contributed by atoms with Gasteiger partial charge in [0, 0.05) is 17.5 Å². The molecular formula is C25H22N2O7. The van der Waals surface area contributed by atoms with Crippen molar-refractivity contribution in [3.05, 3.63) is 106 Å². The van der Waals surface area contributed by atoms with Crippen LogP contribution in [-0.4, -0.2) is 33.7 Å². The average Bonchev–Trinajstić information content (AvgIpc) is 3.35. The Morgan fingerprint density at radius 2 is 1.76 bits per heavy atom. The number of hydrogen-bond acceptors (Lipinski definition) is 7. The number of ether oxygens (including phenoxy) is 1.